The number of ether oxygens (including phenoxy) is 2. The van der Waals surface area contributed by atoms with Gasteiger partial charge in [-0.1, -0.05) is 0 Å². The minimum atomic E-state index is -0.0332. The Kier molecular flexibility index (Phi) is 4.57. The predicted octanol–water partition coefficient (Wildman–Crippen LogP) is 1.48. The van der Waals surface area contributed by atoms with Crippen LogP contribution < -0.4 is 4.74 Å². The maximum absolute atomic E-state index is 11.9. The van der Waals surface area contributed by atoms with Gasteiger partial charge in [-0.25, -0.2) is 0 Å². The molecule has 94 valence electrons. The zero-order valence-electron chi connectivity index (χ0n) is 9.42. The van der Waals surface area contributed by atoms with Gasteiger partial charge in [0.25, 0.3) is 10.4 Å². The normalized spacial score (nSPS) is 15.9. The fourth-order valence-electron chi connectivity index (χ4n) is 1.31. The molecule has 1 fully saturated rings. The highest BCUT2D eigenvalue weighted by atomic mass is 32.2. The molecule has 1 aromatic rings. The van der Waals surface area contributed by atoms with Gasteiger partial charge in [-0.3, -0.25) is 4.79 Å². The van der Waals surface area contributed by atoms with Gasteiger partial charge in [0.15, 0.2) is 0 Å². The SMILES string of the molecule is CCOc1nc(SC(=O)N2CCOCC2)ns1. The van der Waals surface area contributed by atoms with E-state index in [1.807, 2.05) is 6.92 Å². The second-order valence-electron chi connectivity index (χ2n) is 3.24. The Bertz CT molecular complexity index is 379. The molecule has 0 atom stereocenters. The van der Waals surface area contributed by atoms with E-state index in [1.54, 1.807) is 4.90 Å². The van der Waals surface area contributed by atoms with E-state index in [4.69, 9.17) is 9.47 Å². The third-order valence-electron chi connectivity index (χ3n) is 2.10. The molecule has 2 heterocycles. The second-order valence-corrected chi connectivity index (χ2v) is 4.88. The van der Waals surface area contributed by atoms with Crippen molar-refractivity contribution in [2.24, 2.45) is 0 Å². The van der Waals surface area contributed by atoms with Gasteiger partial charge in [-0.15, -0.1) is 0 Å². The molecule has 8 heteroatoms. The molecule has 17 heavy (non-hydrogen) atoms. The monoisotopic (exact) mass is 275 g/mol. The lowest BCUT2D eigenvalue weighted by Crippen LogP contribution is -2.38. The van der Waals surface area contributed by atoms with Crippen LogP contribution in [-0.4, -0.2) is 52.4 Å². The highest BCUT2D eigenvalue weighted by Crippen LogP contribution is 2.24. The summed E-state index contributed by atoms with van der Waals surface area (Å²) in [7, 11) is 0. The fraction of sp³-hybridized carbons (Fsp3) is 0.667. The third-order valence-corrected chi connectivity index (χ3v) is 3.65. The standard InChI is InChI=1S/C9H13N3O3S2/c1-2-15-8-10-7(11-17-8)16-9(13)12-3-5-14-6-4-12/h2-6H2,1H3. The van der Waals surface area contributed by atoms with Gasteiger partial charge in [-0.05, 0) is 6.92 Å². The Morgan fingerprint density at radius 1 is 1.59 bits per heavy atom. The van der Waals surface area contributed by atoms with E-state index in [-0.39, 0.29) is 5.24 Å². The largest absolute Gasteiger partial charge is 0.469 e. The molecule has 0 aliphatic carbocycles. The summed E-state index contributed by atoms with van der Waals surface area (Å²) < 4.78 is 14.4. The summed E-state index contributed by atoms with van der Waals surface area (Å²) in [6.07, 6.45) is 0. The number of aromatic nitrogens is 2. The van der Waals surface area contributed by atoms with E-state index in [9.17, 15) is 4.79 Å². The highest BCUT2D eigenvalue weighted by Gasteiger charge is 2.20. The summed E-state index contributed by atoms with van der Waals surface area (Å²) >= 11 is 2.20. The first-order valence-electron chi connectivity index (χ1n) is 5.30. The first kappa shape index (κ1) is 12.6. The molecule has 1 aliphatic rings. The molecule has 6 nitrogen and oxygen atoms in total. The van der Waals surface area contributed by atoms with E-state index in [0.29, 0.717) is 43.3 Å². The van der Waals surface area contributed by atoms with E-state index < -0.39 is 0 Å². The van der Waals surface area contributed by atoms with Crippen LogP contribution in [0, 0.1) is 0 Å². The second kappa shape index (κ2) is 6.18. The van der Waals surface area contributed by atoms with Crippen LogP contribution in [0.4, 0.5) is 4.79 Å². The number of hydrogen-bond acceptors (Lipinski definition) is 7. The zero-order chi connectivity index (χ0) is 12.1. The van der Waals surface area contributed by atoms with Gasteiger partial charge in [-0.2, -0.15) is 9.36 Å². The summed E-state index contributed by atoms with van der Waals surface area (Å²) in [6.45, 7) is 4.90. The van der Waals surface area contributed by atoms with Gasteiger partial charge in [0.2, 0.25) is 5.16 Å². The van der Waals surface area contributed by atoms with Crippen molar-refractivity contribution in [3.8, 4) is 5.19 Å². The van der Waals surface area contributed by atoms with Crippen LogP contribution in [0.5, 0.6) is 5.19 Å². The molecule has 0 aromatic carbocycles. The summed E-state index contributed by atoms with van der Waals surface area (Å²) in [5.41, 5.74) is 0. The summed E-state index contributed by atoms with van der Waals surface area (Å²) in [5, 5.41) is 0.925. The number of nitrogens with zero attached hydrogens (tertiary/aromatic N) is 3. The van der Waals surface area contributed by atoms with Crippen molar-refractivity contribution in [3.63, 3.8) is 0 Å². The first-order valence-corrected chi connectivity index (χ1v) is 6.89. The number of morpholine rings is 1. The minimum Gasteiger partial charge on any atom is -0.469 e. The molecule has 0 saturated carbocycles. The Morgan fingerprint density at radius 2 is 2.35 bits per heavy atom. The molecule has 0 unspecified atom stereocenters. The third kappa shape index (κ3) is 3.55. The zero-order valence-corrected chi connectivity index (χ0v) is 11.1. The molecule has 0 bridgehead atoms. The molecule has 1 amide bonds. The fourth-order valence-corrected chi connectivity index (χ4v) is 2.72. The Hall–Kier alpha value is -0.860. The van der Waals surface area contributed by atoms with E-state index >= 15 is 0 Å². The van der Waals surface area contributed by atoms with Crippen LogP contribution in [0.15, 0.2) is 5.16 Å². The lowest BCUT2D eigenvalue weighted by Gasteiger charge is -2.25. The Morgan fingerprint density at radius 3 is 3.06 bits per heavy atom. The van der Waals surface area contributed by atoms with Crippen LogP contribution in [0.25, 0.3) is 0 Å². The number of rotatable bonds is 3. The van der Waals surface area contributed by atoms with Crippen LogP contribution in [0.1, 0.15) is 6.92 Å². The van der Waals surface area contributed by atoms with Crippen LogP contribution in [-0.2, 0) is 4.74 Å². The molecule has 0 N–H and O–H groups in total. The molecule has 1 saturated heterocycles. The van der Waals surface area contributed by atoms with Crippen molar-refractivity contribution in [3.05, 3.63) is 0 Å². The average Bonchev–Trinajstić information content (AvgIpc) is 2.78. The van der Waals surface area contributed by atoms with Crippen LogP contribution >= 0.6 is 23.3 Å². The average molecular weight is 275 g/mol. The van der Waals surface area contributed by atoms with Gasteiger partial charge in [0, 0.05) is 36.4 Å². The quantitative estimate of drug-likeness (QED) is 0.779. The number of hydrogen-bond donors (Lipinski definition) is 0. The van der Waals surface area contributed by atoms with Gasteiger partial charge in [0.1, 0.15) is 0 Å². The van der Waals surface area contributed by atoms with Crippen molar-refractivity contribution < 1.29 is 14.3 Å². The number of amides is 1. The minimum absolute atomic E-state index is 0.0332. The van der Waals surface area contributed by atoms with Gasteiger partial charge >= 0.3 is 0 Å². The molecular formula is C9H13N3O3S2. The first-order chi connectivity index (χ1) is 8.29. The molecule has 1 aromatic heterocycles. The van der Waals surface area contributed by atoms with E-state index in [1.165, 1.54) is 0 Å². The number of carbonyl (C=O) groups excluding carboxylic acids is 1. The summed E-state index contributed by atoms with van der Waals surface area (Å²) in [5.74, 6) is 0. The van der Waals surface area contributed by atoms with Crippen molar-refractivity contribution >= 4 is 28.5 Å². The molecular weight excluding hydrogens is 262 g/mol. The van der Waals surface area contributed by atoms with Crippen molar-refractivity contribution in [1.29, 1.82) is 0 Å². The smallest absolute Gasteiger partial charge is 0.293 e. The van der Waals surface area contributed by atoms with Crippen molar-refractivity contribution in [2.75, 3.05) is 32.9 Å². The van der Waals surface area contributed by atoms with Crippen LogP contribution in [0.2, 0.25) is 0 Å². The maximum atomic E-state index is 11.9. The lowest BCUT2D eigenvalue weighted by atomic mass is 10.5. The predicted molar refractivity (Wildman–Crippen MR) is 64.7 cm³/mol. The molecule has 0 radical (unpaired) electrons. The van der Waals surface area contributed by atoms with Gasteiger partial charge in [0.05, 0.1) is 19.8 Å². The highest BCUT2D eigenvalue weighted by molar-refractivity contribution is 8.13. The Labute approximate surface area is 107 Å². The number of carbonyl (C=O) groups is 1. The summed E-state index contributed by atoms with van der Waals surface area (Å²) in [6, 6.07) is 0. The van der Waals surface area contributed by atoms with Gasteiger partial charge < -0.3 is 14.4 Å². The summed E-state index contributed by atoms with van der Waals surface area (Å²) in [4.78, 5) is 17.7. The molecule has 0 spiro atoms. The number of thioether (sulfide) groups is 1. The van der Waals surface area contributed by atoms with Crippen molar-refractivity contribution in [1.82, 2.24) is 14.3 Å². The maximum Gasteiger partial charge on any atom is 0.293 e. The molecule has 2 rings (SSSR count). The van der Waals surface area contributed by atoms with E-state index in [0.717, 1.165) is 23.3 Å². The topological polar surface area (TPSA) is 64.5 Å². The van der Waals surface area contributed by atoms with Crippen molar-refractivity contribution in [2.45, 2.75) is 12.1 Å². The lowest BCUT2D eigenvalue weighted by molar-refractivity contribution is 0.0593. The van der Waals surface area contributed by atoms with E-state index in [2.05, 4.69) is 9.36 Å². The molecule has 1 aliphatic heterocycles. The Balaban J connectivity index is 1.88. The van der Waals surface area contributed by atoms with Crippen LogP contribution in [0.3, 0.4) is 0 Å².